The molecule has 1 aromatic carbocycles. The van der Waals surface area contributed by atoms with Crippen molar-refractivity contribution in [2.45, 2.75) is 98.2 Å². The Morgan fingerprint density at radius 3 is 2.53 bits per heavy atom. The smallest absolute Gasteiger partial charge is 0.357 e. The highest BCUT2D eigenvalue weighted by Gasteiger charge is 2.82. The number of hydrogen-bond donors (Lipinski definition) is 0. The molecule has 0 N–H and O–H groups in total. The quantitative estimate of drug-likeness (QED) is 0.223. The summed E-state index contributed by atoms with van der Waals surface area (Å²) in [5.41, 5.74) is 1.39. The second kappa shape index (κ2) is 12.0. The van der Waals surface area contributed by atoms with E-state index in [0.29, 0.717) is 49.2 Å². The van der Waals surface area contributed by atoms with E-state index in [1.165, 1.54) is 12.0 Å². The summed E-state index contributed by atoms with van der Waals surface area (Å²) in [6.45, 7) is 11.4. The average Bonchev–Trinajstić information content (AvgIpc) is 3.54. The van der Waals surface area contributed by atoms with Gasteiger partial charge in [-0.05, 0) is 102 Å². The number of allylic oxidation sites excluding steroid dienone is 2. The van der Waals surface area contributed by atoms with Gasteiger partial charge < -0.3 is 19.0 Å². The predicted octanol–water partition coefficient (Wildman–Crippen LogP) is 6.87. The third-order valence-electron chi connectivity index (χ3n) is 15.4. The van der Waals surface area contributed by atoms with E-state index in [9.17, 15) is 19.2 Å². The van der Waals surface area contributed by atoms with Gasteiger partial charge in [-0.1, -0.05) is 52.0 Å². The van der Waals surface area contributed by atoms with Gasteiger partial charge in [0.2, 0.25) is 0 Å². The standard InChI is InChI=1S/C42H53NO8/c1-24-22-48-36(29(24)21-43(6)51-38(47)27-10-8-7-9-11-27)37-28(12-15-34(46)50-37)35-32(49-26(3)44)20-40(5)33-14-13-30-25(2)31(45)16-17-41(30)23-42(33,41)19-18-39(35,40)4/h7-11,16-17,24-25,28,30,32-33,35,37H,12-15,18-23H2,1-6H3/t24?,25-,28-,30?,32-,33?,35-,37?,39+,40-,41+,42-/m0/s1. The number of hydroxylamine groups is 2. The minimum absolute atomic E-state index is 0.0291. The lowest BCUT2D eigenvalue weighted by Crippen LogP contribution is -2.56. The summed E-state index contributed by atoms with van der Waals surface area (Å²) in [6, 6.07) is 8.90. The van der Waals surface area contributed by atoms with Crippen LogP contribution in [-0.2, 0) is 33.4 Å². The van der Waals surface area contributed by atoms with E-state index in [0.717, 1.165) is 44.1 Å². The third-order valence-corrected chi connectivity index (χ3v) is 15.4. The average molecular weight is 700 g/mol. The molecule has 51 heavy (non-hydrogen) atoms. The lowest BCUT2D eigenvalue weighted by Gasteiger charge is -2.61. The monoisotopic (exact) mass is 699 g/mol. The zero-order valence-corrected chi connectivity index (χ0v) is 30.9. The number of benzene rings is 1. The van der Waals surface area contributed by atoms with Gasteiger partial charge in [-0.15, -0.1) is 5.06 Å². The van der Waals surface area contributed by atoms with Crippen LogP contribution < -0.4 is 0 Å². The molecule has 5 fully saturated rings. The van der Waals surface area contributed by atoms with Crippen LogP contribution in [0.3, 0.4) is 0 Å². The molecule has 7 aliphatic rings. The van der Waals surface area contributed by atoms with Crippen LogP contribution in [-0.4, -0.2) is 61.2 Å². The third kappa shape index (κ3) is 5.03. The molecule has 0 bridgehead atoms. The van der Waals surface area contributed by atoms with Crippen LogP contribution >= 0.6 is 0 Å². The van der Waals surface area contributed by atoms with Crippen LogP contribution in [0, 0.1) is 57.2 Å². The van der Waals surface area contributed by atoms with Crippen molar-refractivity contribution in [1.82, 2.24) is 5.06 Å². The van der Waals surface area contributed by atoms with Crippen molar-refractivity contribution < 1.29 is 38.2 Å². The molecule has 8 rings (SSSR count). The summed E-state index contributed by atoms with van der Waals surface area (Å²) in [6.07, 6.45) is 10.3. The van der Waals surface area contributed by atoms with E-state index >= 15 is 0 Å². The Morgan fingerprint density at radius 2 is 1.78 bits per heavy atom. The van der Waals surface area contributed by atoms with Gasteiger partial charge in [0.1, 0.15) is 11.9 Å². The Labute approximate surface area is 301 Å². The molecule has 2 aliphatic heterocycles. The van der Waals surface area contributed by atoms with Crippen LogP contribution in [0.2, 0.25) is 0 Å². The van der Waals surface area contributed by atoms with Crippen LogP contribution in [0.4, 0.5) is 0 Å². The highest BCUT2D eigenvalue weighted by molar-refractivity contribution is 5.93. The molecular formula is C42H53NO8. The van der Waals surface area contributed by atoms with Crippen LogP contribution in [0.15, 0.2) is 53.8 Å². The number of likely N-dealkylation sites (N-methyl/N-ethyl adjacent to an activating group) is 1. The first-order chi connectivity index (χ1) is 24.2. The van der Waals surface area contributed by atoms with Crippen molar-refractivity contribution in [2.24, 2.45) is 57.2 Å². The van der Waals surface area contributed by atoms with Crippen LogP contribution in [0.25, 0.3) is 0 Å². The van der Waals surface area contributed by atoms with Crippen molar-refractivity contribution in [3.05, 3.63) is 59.4 Å². The lowest BCUT2D eigenvalue weighted by atomic mass is 9.43. The van der Waals surface area contributed by atoms with Crippen molar-refractivity contribution in [3.63, 3.8) is 0 Å². The maximum atomic E-state index is 13.1. The molecule has 4 saturated carbocycles. The fourth-order valence-electron chi connectivity index (χ4n) is 13.0. The van der Waals surface area contributed by atoms with Gasteiger partial charge in [0.25, 0.3) is 0 Å². The Kier molecular flexibility index (Phi) is 8.17. The van der Waals surface area contributed by atoms with Crippen LogP contribution in [0.5, 0.6) is 0 Å². The second-order valence-electron chi connectivity index (χ2n) is 17.6. The van der Waals surface area contributed by atoms with E-state index in [4.69, 9.17) is 19.0 Å². The molecular weight excluding hydrogens is 646 g/mol. The minimum atomic E-state index is -0.626. The van der Waals surface area contributed by atoms with Crippen LogP contribution in [0.1, 0.15) is 96.3 Å². The number of carbonyl (C=O) groups is 4. The first-order valence-corrected chi connectivity index (χ1v) is 19.2. The largest absolute Gasteiger partial charge is 0.493 e. The predicted molar refractivity (Wildman–Crippen MR) is 187 cm³/mol. The summed E-state index contributed by atoms with van der Waals surface area (Å²) >= 11 is 0. The number of hydrogen-bond acceptors (Lipinski definition) is 9. The number of cyclic esters (lactones) is 1. The number of nitrogens with zero attached hydrogens (tertiary/aromatic N) is 1. The summed E-state index contributed by atoms with van der Waals surface area (Å²) < 4.78 is 19.1. The summed E-state index contributed by atoms with van der Waals surface area (Å²) in [4.78, 5) is 57.3. The summed E-state index contributed by atoms with van der Waals surface area (Å²) in [7, 11) is 1.73. The fraction of sp³-hybridized carbons (Fsp3) is 0.667. The molecule has 274 valence electrons. The maximum Gasteiger partial charge on any atom is 0.357 e. The molecule has 2 spiro atoms. The first-order valence-electron chi connectivity index (χ1n) is 19.2. The summed E-state index contributed by atoms with van der Waals surface area (Å²) in [5.74, 6) is 0.737. The number of ketones is 1. The molecule has 0 aromatic heterocycles. The molecule has 12 atom stereocenters. The Bertz CT molecular complexity index is 1700. The normalized spacial score (nSPS) is 43.7. The Morgan fingerprint density at radius 1 is 1.02 bits per heavy atom. The van der Waals surface area contributed by atoms with Crippen molar-refractivity contribution >= 4 is 23.7 Å². The zero-order valence-electron chi connectivity index (χ0n) is 30.9. The van der Waals surface area contributed by atoms with Gasteiger partial charge >= 0.3 is 17.9 Å². The maximum absolute atomic E-state index is 13.1. The SMILES string of the molecule is CC(=O)O[C@H]1C[C@@]2(C)C3CCC4[C@H](C)C(=O)C=C[C@@]45C[C@@]35CC[C@]2(C)[C@H]1[C@@H]1CCC(=O)OC1C1=C(CN(C)OC(=O)c2ccccc2)C(C)CO1. The van der Waals surface area contributed by atoms with E-state index in [1.54, 1.807) is 31.3 Å². The van der Waals surface area contributed by atoms with Gasteiger partial charge in [-0.2, -0.15) is 0 Å². The number of ether oxygens (including phenoxy) is 3. The van der Waals surface area contributed by atoms with Crippen molar-refractivity contribution in [1.29, 1.82) is 0 Å². The Balaban J connectivity index is 1.13. The first kappa shape index (κ1) is 34.6. The van der Waals surface area contributed by atoms with Gasteiger partial charge in [-0.25, -0.2) is 4.79 Å². The molecule has 2 heterocycles. The fourth-order valence-corrected chi connectivity index (χ4v) is 13.0. The van der Waals surface area contributed by atoms with Gasteiger partial charge in [-0.3, -0.25) is 14.4 Å². The van der Waals surface area contributed by atoms with E-state index in [2.05, 4.69) is 33.8 Å². The Hall–Kier alpha value is -3.46. The van der Waals surface area contributed by atoms with E-state index in [-0.39, 0.29) is 69.2 Å². The molecule has 5 aliphatic carbocycles. The minimum Gasteiger partial charge on any atom is -0.493 e. The number of rotatable bonds is 7. The topological polar surface area (TPSA) is 108 Å². The zero-order chi connectivity index (χ0) is 36.1. The van der Waals surface area contributed by atoms with E-state index in [1.807, 2.05) is 12.1 Å². The molecule has 1 saturated heterocycles. The van der Waals surface area contributed by atoms with Gasteiger partial charge in [0.15, 0.2) is 11.9 Å². The highest BCUT2D eigenvalue weighted by Crippen LogP contribution is 2.87. The number of fused-ring (bicyclic) bond motifs is 2. The van der Waals surface area contributed by atoms with Gasteiger partial charge in [0.05, 0.1) is 18.7 Å². The highest BCUT2D eigenvalue weighted by atomic mass is 16.7. The van der Waals surface area contributed by atoms with Crippen molar-refractivity contribution in [3.8, 4) is 0 Å². The number of carbonyl (C=O) groups excluding carboxylic acids is 4. The molecule has 9 heteroatoms. The molecule has 9 nitrogen and oxygen atoms in total. The molecule has 4 unspecified atom stereocenters. The second-order valence-corrected chi connectivity index (χ2v) is 17.6. The van der Waals surface area contributed by atoms with E-state index < -0.39 is 12.1 Å². The number of esters is 2. The molecule has 1 aromatic rings. The molecule has 0 radical (unpaired) electrons. The summed E-state index contributed by atoms with van der Waals surface area (Å²) in [5, 5.41) is 1.53. The molecule has 0 amide bonds. The van der Waals surface area contributed by atoms with Gasteiger partial charge in [0, 0.05) is 44.1 Å². The van der Waals surface area contributed by atoms with Crippen molar-refractivity contribution in [2.75, 3.05) is 20.2 Å². The lowest BCUT2D eigenvalue weighted by molar-refractivity contribution is -0.174.